The molecule has 0 unspecified atom stereocenters. The molecule has 13 amide bonds. The highest BCUT2D eigenvalue weighted by Gasteiger charge is 2.38. The molecular weight excluding hydrogens is 1250 g/mol. The molecule has 22 N–H and O–H groups in total. The number of carboxylic acid groups (broad SMARTS) is 1. The first-order chi connectivity index (χ1) is 44.2. The number of phenols is 1. The van der Waals surface area contributed by atoms with Gasteiger partial charge >= 0.3 is 5.97 Å². The predicted molar refractivity (Wildman–Crippen MR) is 337 cm³/mol. The van der Waals surface area contributed by atoms with Crippen molar-refractivity contribution in [3.05, 3.63) is 102 Å². The van der Waals surface area contributed by atoms with Crippen LogP contribution in [0.25, 0.3) is 0 Å². The lowest BCUT2D eigenvalue weighted by atomic mass is 10.0. The van der Waals surface area contributed by atoms with Crippen LogP contribution in [0, 0.1) is 5.92 Å². The van der Waals surface area contributed by atoms with Crippen LogP contribution >= 0.6 is 12.6 Å². The Morgan fingerprint density at radius 2 is 0.840 bits per heavy atom. The SMILES string of the molecule is CC(C)[C@H](NC(=O)[C@H](C)N)C(=O)N[C@@H](CC(N)=O)C(=O)NCC(=O)N[C@H](C(=O)N[C@@H](CO)C(=O)N[C@@H](CCC(N)=O)C(=O)N[C@@H](Cc1ccccc1)C(=O)N[C@H](C(=O)N[C@@H](CS)C(=O)N[C@@H](Cc1ccccc1)C(=O)N[C@@H](Cc1ccc(O)cc1)C(=O)O)[C@@H](C)O)[C@@H](C)O. The van der Waals surface area contributed by atoms with E-state index < -0.39 is 206 Å². The van der Waals surface area contributed by atoms with Crippen molar-refractivity contribution in [3.63, 3.8) is 0 Å². The van der Waals surface area contributed by atoms with E-state index >= 15 is 0 Å². The van der Waals surface area contributed by atoms with Crippen molar-refractivity contribution in [2.45, 2.75) is 152 Å². The summed E-state index contributed by atoms with van der Waals surface area (Å²) in [6.45, 7) is 4.52. The van der Waals surface area contributed by atoms with Gasteiger partial charge in [-0.15, -0.1) is 0 Å². The molecule has 0 aliphatic heterocycles. The van der Waals surface area contributed by atoms with E-state index in [2.05, 4.69) is 71.1 Å². The van der Waals surface area contributed by atoms with Crippen molar-refractivity contribution in [2.24, 2.45) is 23.1 Å². The number of carbonyl (C=O) groups is 14. The number of carboxylic acids is 1. The second-order valence-corrected chi connectivity index (χ2v) is 22.7. The molecule has 0 bridgehead atoms. The maximum absolute atomic E-state index is 14.3. The number of aliphatic carboxylic acids is 1. The number of aliphatic hydroxyl groups excluding tert-OH is 3. The molecule has 33 nitrogen and oxygen atoms in total. The number of phenolic OH excluding ortho intramolecular Hbond substituents is 1. The third-order valence-electron chi connectivity index (χ3n) is 14.0. The zero-order chi connectivity index (χ0) is 70.5. The highest BCUT2D eigenvalue weighted by Crippen LogP contribution is 2.14. The van der Waals surface area contributed by atoms with E-state index in [0.29, 0.717) is 16.7 Å². The third kappa shape index (κ3) is 26.8. The van der Waals surface area contributed by atoms with Gasteiger partial charge in [-0.1, -0.05) is 86.6 Å². The first kappa shape index (κ1) is 78.5. The average Bonchev–Trinajstić information content (AvgIpc) is 0.898. The standard InChI is InChI=1S/C60H84N14O19S/c1-29(2)47(73-50(82)30(3)61)57(89)68-40(25-45(63)80)51(83)64-26-46(81)72-48(31(4)76)58(90)70-42(27-75)55(87)65-37(20-21-44(62)79)52(84)66-39(23-34-14-10-7-11-15-34)54(86)74-49(32(5)77)59(91)71-43(28-94)56(88)67-38(22-33-12-8-6-9-13-33)53(85)69-41(60(92)93)24-35-16-18-36(78)19-17-35/h6-19,29-32,37-43,47-49,75-78,94H,20-28,61H2,1-5H3,(H2,62,79)(H2,63,80)(H,64,83)(H,65,87)(H,66,84)(H,67,88)(H,68,89)(H,69,85)(H,70,90)(H,71,91)(H,72,81)(H,73,82)(H,74,86)(H,92,93)/t30-,31+,32+,37-,38-,39-,40-,41-,42-,43-,47-,48-,49-/m0/s1. The Balaban J connectivity index is 1.81. The van der Waals surface area contributed by atoms with Gasteiger partial charge in [-0.2, -0.15) is 12.6 Å². The molecule has 0 aromatic heterocycles. The molecule has 3 aromatic carbocycles. The molecule has 0 radical (unpaired) electrons. The Morgan fingerprint density at radius 3 is 1.30 bits per heavy atom. The van der Waals surface area contributed by atoms with Crippen LogP contribution in [0.4, 0.5) is 0 Å². The van der Waals surface area contributed by atoms with Crippen molar-refractivity contribution >= 4 is 95.4 Å². The zero-order valence-corrected chi connectivity index (χ0v) is 53.1. The maximum atomic E-state index is 14.3. The number of amides is 13. The fourth-order valence-electron chi connectivity index (χ4n) is 8.81. The van der Waals surface area contributed by atoms with E-state index in [-0.39, 0.29) is 25.0 Å². The molecule has 3 aromatic rings. The van der Waals surface area contributed by atoms with Gasteiger partial charge in [0.1, 0.15) is 66.2 Å². The van der Waals surface area contributed by atoms with E-state index in [1.165, 1.54) is 31.2 Å². The average molecular weight is 1340 g/mol. The maximum Gasteiger partial charge on any atom is 0.326 e. The molecule has 94 heavy (non-hydrogen) atoms. The molecule has 13 atom stereocenters. The number of aliphatic hydroxyl groups is 3. The van der Waals surface area contributed by atoms with Crippen LogP contribution in [0.1, 0.15) is 70.6 Å². The Morgan fingerprint density at radius 1 is 0.447 bits per heavy atom. The fourth-order valence-corrected chi connectivity index (χ4v) is 9.07. The number of hydrogen-bond acceptors (Lipinski definition) is 20. The second-order valence-electron chi connectivity index (χ2n) is 22.3. The summed E-state index contributed by atoms with van der Waals surface area (Å²) in [5, 5.41) is 77.0. The number of carbonyl (C=O) groups excluding carboxylic acids is 13. The number of nitrogens with one attached hydrogen (secondary N) is 11. The van der Waals surface area contributed by atoms with Crippen molar-refractivity contribution in [1.29, 1.82) is 0 Å². The monoisotopic (exact) mass is 1340 g/mol. The van der Waals surface area contributed by atoms with Gasteiger partial charge in [-0.05, 0) is 61.9 Å². The summed E-state index contributed by atoms with van der Waals surface area (Å²) < 4.78 is 0. The molecule has 0 saturated carbocycles. The largest absolute Gasteiger partial charge is 0.508 e. The van der Waals surface area contributed by atoms with E-state index in [1.807, 2.05) is 0 Å². The molecule has 0 aliphatic rings. The Hall–Kier alpha value is -9.77. The summed E-state index contributed by atoms with van der Waals surface area (Å²) >= 11 is 4.22. The quantitative estimate of drug-likeness (QED) is 0.0236. The van der Waals surface area contributed by atoms with Gasteiger partial charge in [0.05, 0.1) is 37.8 Å². The van der Waals surface area contributed by atoms with Crippen LogP contribution in [0.15, 0.2) is 84.9 Å². The summed E-state index contributed by atoms with van der Waals surface area (Å²) in [7, 11) is 0. The van der Waals surface area contributed by atoms with Crippen molar-refractivity contribution in [3.8, 4) is 5.75 Å². The Bertz CT molecular complexity index is 3130. The summed E-state index contributed by atoms with van der Waals surface area (Å²) in [6, 6.07) is 4.11. The van der Waals surface area contributed by atoms with Gasteiger partial charge in [0.25, 0.3) is 0 Å². The number of rotatable bonds is 39. The van der Waals surface area contributed by atoms with E-state index in [9.17, 15) is 92.7 Å². The van der Waals surface area contributed by atoms with Gasteiger partial charge in [0.2, 0.25) is 76.8 Å². The summed E-state index contributed by atoms with van der Waals surface area (Å²) in [4.78, 5) is 186. The summed E-state index contributed by atoms with van der Waals surface area (Å²) in [5.41, 5.74) is 17.7. The van der Waals surface area contributed by atoms with Crippen LogP contribution in [-0.2, 0) is 86.4 Å². The zero-order valence-electron chi connectivity index (χ0n) is 52.2. The van der Waals surface area contributed by atoms with Crippen LogP contribution in [0.3, 0.4) is 0 Å². The molecule has 34 heteroatoms. The molecule has 0 aliphatic carbocycles. The van der Waals surface area contributed by atoms with Gasteiger partial charge in [0, 0.05) is 31.4 Å². The molecule has 0 fully saturated rings. The van der Waals surface area contributed by atoms with E-state index in [1.54, 1.807) is 74.5 Å². The number of thiol groups is 1. The van der Waals surface area contributed by atoms with E-state index in [4.69, 9.17) is 17.2 Å². The molecule has 514 valence electrons. The predicted octanol–water partition coefficient (Wildman–Crippen LogP) is -6.70. The molecule has 0 heterocycles. The molecular formula is C60H84N14O19S. The summed E-state index contributed by atoms with van der Waals surface area (Å²) in [5.74, 6) is -16.4. The number of benzene rings is 3. The Labute approximate surface area is 545 Å². The fraction of sp³-hybridized carbons (Fsp3) is 0.467. The highest BCUT2D eigenvalue weighted by molar-refractivity contribution is 7.80. The van der Waals surface area contributed by atoms with Gasteiger partial charge in [0.15, 0.2) is 0 Å². The normalized spacial score (nSPS) is 15.2. The summed E-state index contributed by atoms with van der Waals surface area (Å²) in [6.07, 6.45) is -6.10. The first-order valence-corrected chi connectivity index (χ1v) is 30.2. The number of hydrogen-bond donors (Lipinski definition) is 20. The molecule has 0 saturated heterocycles. The van der Waals surface area contributed by atoms with Crippen molar-refractivity contribution < 1.29 is 92.7 Å². The van der Waals surface area contributed by atoms with E-state index in [0.717, 1.165) is 13.8 Å². The van der Waals surface area contributed by atoms with Crippen LogP contribution in [0.2, 0.25) is 0 Å². The number of primary amides is 2. The van der Waals surface area contributed by atoms with Crippen LogP contribution in [-0.4, -0.2) is 206 Å². The van der Waals surface area contributed by atoms with Crippen molar-refractivity contribution in [2.75, 3.05) is 18.9 Å². The lowest BCUT2D eigenvalue weighted by molar-refractivity contribution is -0.142. The van der Waals surface area contributed by atoms with Gasteiger partial charge < -0.3 is 101 Å². The Kier molecular flexibility index (Phi) is 32.5. The number of aromatic hydroxyl groups is 1. The lowest BCUT2D eigenvalue weighted by Crippen LogP contribution is -2.63. The molecule has 0 spiro atoms. The van der Waals surface area contributed by atoms with Crippen LogP contribution in [0.5, 0.6) is 5.75 Å². The molecule has 3 rings (SSSR count). The second kappa shape index (κ2) is 38.9. The lowest BCUT2D eigenvalue weighted by Gasteiger charge is -2.28. The smallest absolute Gasteiger partial charge is 0.326 e. The third-order valence-corrected chi connectivity index (χ3v) is 14.4. The minimum atomic E-state index is -1.98. The first-order valence-electron chi connectivity index (χ1n) is 29.5. The van der Waals surface area contributed by atoms with Crippen molar-refractivity contribution in [1.82, 2.24) is 58.5 Å². The van der Waals surface area contributed by atoms with Gasteiger partial charge in [-0.3, -0.25) is 62.3 Å². The number of nitrogens with two attached hydrogens (primary N) is 3. The highest BCUT2D eigenvalue weighted by atomic mass is 32.1. The van der Waals surface area contributed by atoms with Gasteiger partial charge in [-0.25, -0.2) is 4.79 Å². The minimum absolute atomic E-state index is 0.0771. The topological polar surface area (TPSA) is 551 Å². The van der Waals surface area contributed by atoms with Crippen LogP contribution < -0.4 is 75.7 Å². The minimum Gasteiger partial charge on any atom is -0.508 e.